The molecule has 0 radical (unpaired) electrons. The Bertz CT molecular complexity index is 1260. The van der Waals surface area contributed by atoms with Gasteiger partial charge in [-0.25, -0.2) is 0 Å². The predicted octanol–water partition coefficient (Wildman–Crippen LogP) is 6.29. The van der Waals surface area contributed by atoms with Gasteiger partial charge in [-0.2, -0.15) is 5.10 Å². The summed E-state index contributed by atoms with van der Waals surface area (Å²) in [6, 6.07) is 14.4. The Morgan fingerprint density at radius 1 is 1.06 bits per heavy atom. The first-order valence-electron chi connectivity index (χ1n) is 9.05. The number of anilines is 1. The van der Waals surface area contributed by atoms with E-state index in [9.17, 15) is 9.90 Å². The summed E-state index contributed by atoms with van der Waals surface area (Å²) in [5.74, 6) is -0.333. The molecule has 0 bridgehead atoms. The normalized spacial score (nSPS) is 11.1. The number of aromatic nitrogens is 3. The summed E-state index contributed by atoms with van der Waals surface area (Å²) in [4.78, 5) is 12.2. The lowest BCUT2D eigenvalue weighted by Crippen LogP contribution is -2.22. The van der Waals surface area contributed by atoms with Crippen molar-refractivity contribution < 1.29 is 9.90 Å². The van der Waals surface area contributed by atoms with E-state index in [0.29, 0.717) is 26.6 Å². The Labute approximate surface area is 197 Å². The maximum Gasteiger partial charge on any atom is 0.324 e. The Hall–Kier alpha value is -2.45. The number of rotatable bonds is 6. The average molecular weight is 494 g/mol. The van der Waals surface area contributed by atoms with Gasteiger partial charge in [0.05, 0.1) is 16.2 Å². The van der Waals surface area contributed by atoms with Gasteiger partial charge in [-0.15, -0.1) is 5.10 Å². The van der Waals surface area contributed by atoms with Crippen molar-refractivity contribution in [2.24, 2.45) is 0 Å². The van der Waals surface area contributed by atoms with E-state index in [0.717, 1.165) is 21.5 Å². The topological polar surface area (TPSA) is 71.2 Å². The fourth-order valence-electron chi connectivity index (χ4n) is 3.05. The third-order valence-electron chi connectivity index (χ3n) is 4.39. The summed E-state index contributed by atoms with van der Waals surface area (Å²) >= 11 is 19.9. The number of hydrogen-bond donors (Lipinski definition) is 1. The van der Waals surface area contributed by atoms with E-state index >= 15 is 0 Å². The number of aryl methyl sites for hydroxylation is 1. The fraction of sp³-hybridized carbons (Fsp3) is 0.0952. The molecule has 2 aromatic heterocycles. The van der Waals surface area contributed by atoms with Crippen LogP contribution >= 0.6 is 46.8 Å². The second-order valence-corrected chi connectivity index (χ2v) is 9.08. The molecule has 0 atom stereocenters. The van der Waals surface area contributed by atoms with Crippen molar-refractivity contribution in [1.82, 2.24) is 14.8 Å². The summed E-state index contributed by atoms with van der Waals surface area (Å²) in [5.41, 5.74) is 2.32. The van der Waals surface area contributed by atoms with Gasteiger partial charge in [0.1, 0.15) is 6.54 Å². The Kier molecular flexibility index (Phi) is 6.29. The van der Waals surface area contributed by atoms with Crippen molar-refractivity contribution in [3.05, 3.63) is 75.5 Å². The standard InChI is InChI=1S/C21H15Cl3N4O2S/c1-12-2-5-20(26-25-12)27-10-18(24)17-9-15(3-4-19(17)27)28(11-21(29)30)31-16-7-13(22)6-14(23)8-16/h2-10H,11H2,1H3,(H,29,30). The summed E-state index contributed by atoms with van der Waals surface area (Å²) < 4.78 is 3.49. The lowest BCUT2D eigenvalue weighted by molar-refractivity contribution is -0.135. The predicted molar refractivity (Wildman–Crippen MR) is 126 cm³/mol. The highest BCUT2D eigenvalue weighted by Crippen LogP contribution is 2.36. The van der Waals surface area contributed by atoms with Crippen LogP contribution in [0.1, 0.15) is 5.69 Å². The number of aliphatic carboxylic acids is 1. The van der Waals surface area contributed by atoms with Crippen LogP contribution in [-0.4, -0.2) is 32.4 Å². The number of halogens is 3. The molecule has 2 heterocycles. The molecule has 158 valence electrons. The molecule has 4 aromatic rings. The number of nitrogens with zero attached hydrogens (tertiary/aromatic N) is 4. The zero-order chi connectivity index (χ0) is 22.1. The molecule has 0 amide bonds. The van der Waals surface area contributed by atoms with Crippen molar-refractivity contribution in [3.8, 4) is 5.82 Å². The third kappa shape index (κ3) is 4.91. The van der Waals surface area contributed by atoms with Crippen LogP contribution in [0.3, 0.4) is 0 Å². The molecule has 31 heavy (non-hydrogen) atoms. The van der Waals surface area contributed by atoms with Crippen LogP contribution < -0.4 is 4.31 Å². The van der Waals surface area contributed by atoms with Gasteiger partial charge in [-0.1, -0.05) is 34.8 Å². The number of carbonyl (C=O) groups is 1. The number of benzene rings is 2. The van der Waals surface area contributed by atoms with E-state index in [1.807, 2.05) is 41.8 Å². The molecular formula is C21H15Cl3N4O2S. The van der Waals surface area contributed by atoms with Gasteiger partial charge in [-0.3, -0.25) is 9.36 Å². The molecule has 0 aliphatic carbocycles. The van der Waals surface area contributed by atoms with Crippen LogP contribution in [0.2, 0.25) is 15.1 Å². The molecular weight excluding hydrogens is 479 g/mol. The molecule has 4 rings (SSSR count). The molecule has 6 nitrogen and oxygen atoms in total. The molecule has 2 aromatic carbocycles. The van der Waals surface area contributed by atoms with Crippen molar-refractivity contribution >= 4 is 69.3 Å². The largest absolute Gasteiger partial charge is 0.480 e. The van der Waals surface area contributed by atoms with Gasteiger partial charge in [0.25, 0.3) is 0 Å². The molecule has 1 N–H and O–H groups in total. The number of hydrogen-bond acceptors (Lipinski definition) is 5. The van der Waals surface area contributed by atoms with Crippen LogP contribution in [0.25, 0.3) is 16.7 Å². The van der Waals surface area contributed by atoms with Gasteiger partial charge in [0.15, 0.2) is 5.82 Å². The quantitative estimate of drug-likeness (QED) is 0.318. The van der Waals surface area contributed by atoms with Gasteiger partial charge >= 0.3 is 5.97 Å². The van der Waals surface area contributed by atoms with E-state index in [1.54, 1.807) is 28.7 Å². The highest BCUT2D eigenvalue weighted by atomic mass is 35.5. The second kappa shape index (κ2) is 8.96. The number of fused-ring (bicyclic) bond motifs is 1. The van der Waals surface area contributed by atoms with Gasteiger partial charge in [0.2, 0.25) is 0 Å². The maximum absolute atomic E-state index is 11.5. The third-order valence-corrected chi connectivity index (χ3v) is 6.13. The zero-order valence-corrected chi connectivity index (χ0v) is 19.2. The van der Waals surface area contributed by atoms with Crippen LogP contribution in [0.5, 0.6) is 0 Å². The second-order valence-electron chi connectivity index (χ2n) is 6.71. The van der Waals surface area contributed by atoms with Crippen molar-refractivity contribution in [1.29, 1.82) is 0 Å². The minimum Gasteiger partial charge on any atom is -0.480 e. The summed E-state index contributed by atoms with van der Waals surface area (Å²) in [5, 5.41) is 20.0. The van der Waals surface area contributed by atoms with Crippen LogP contribution in [0, 0.1) is 6.92 Å². The maximum atomic E-state index is 11.5. The highest BCUT2D eigenvalue weighted by Gasteiger charge is 2.17. The van der Waals surface area contributed by atoms with Crippen LogP contribution in [0.15, 0.2) is 59.6 Å². The molecule has 0 saturated heterocycles. The van der Waals surface area contributed by atoms with Crippen molar-refractivity contribution in [3.63, 3.8) is 0 Å². The number of carboxylic acids is 1. The molecule has 0 unspecified atom stereocenters. The summed E-state index contributed by atoms with van der Waals surface area (Å²) in [6.07, 6.45) is 1.76. The van der Waals surface area contributed by atoms with E-state index in [-0.39, 0.29) is 6.54 Å². The lowest BCUT2D eigenvalue weighted by Gasteiger charge is -2.22. The minimum absolute atomic E-state index is 0.234. The smallest absolute Gasteiger partial charge is 0.324 e. The number of carboxylic acid groups (broad SMARTS) is 1. The minimum atomic E-state index is -0.973. The Morgan fingerprint density at radius 3 is 2.45 bits per heavy atom. The molecule has 0 spiro atoms. The van der Waals surface area contributed by atoms with Crippen molar-refractivity contribution in [2.75, 3.05) is 10.8 Å². The van der Waals surface area contributed by atoms with E-state index in [1.165, 1.54) is 11.9 Å². The fourth-order valence-corrected chi connectivity index (χ4v) is 4.96. The van der Waals surface area contributed by atoms with Crippen LogP contribution in [-0.2, 0) is 4.79 Å². The molecule has 0 aliphatic heterocycles. The van der Waals surface area contributed by atoms with Crippen LogP contribution in [0.4, 0.5) is 5.69 Å². The lowest BCUT2D eigenvalue weighted by atomic mass is 10.2. The summed E-state index contributed by atoms with van der Waals surface area (Å²) in [6.45, 7) is 1.63. The first-order valence-corrected chi connectivity index (χ1v) is 11.0. The van der Waals surface area contributed by atoms with Gasteiger partial charge in [0, 0.05) is 32.2 Å². The molecule has 10 heteroatoms. The van der Waals surface area contributed by atoms with Gasteiger partial charge < -0.3 is 9.41 Å². The average Bonchev–Trinajstić information content (AvgIpc) is 3.03. The molecule has 0 fully saturated rings. The van der Waals surface area contributed by atoms with Gasteiger partial charge in [-0.05, 0) is 67.4 Å². The first-order chi connectivity index (χ1) is 14.8. The van der Waals surface area contributed by atoms with E-state index < -0.39 is 5.97 Å². The molecule has 0 saturated carbocycles. The zero-order valence-electron chi connectivity index (χ0n) is 16.1. The molecule has 0 aliphatic rings. The summed E-state index contributed by atoms with van der Waals surface area (Å²) in [7, 11) is 0. The first kappa shape index (κ1) is 21.8. The van der Waals surface area contributed by atoms with Crippen molar-refractivity contribution in [2.45, 2.75) is 11.8 Å². The Balaban J connectivity index is 1.74. The van der Waals surface area contributed by atoms with E-state index in [4.69, 9.17) is 34.8 Å². The monoisotopic (exact) mass is 492 g/mol. The highest BCUT2D eigenvalue weighted by molar-refractivity contribution is 8.00. The SMILES string of the molecule is Cc1ccc(-n2cc(Cl)c3cc(N(CC(=O)O)Sc4cc(Cl)cc(Cl)c4)ccc32)nn1. The van der Waals surface area contributed by atoms with E-state index in [2.05, 4.69) is 10.2 Å². The Morgan fingerprint density at radius 2 is 1.81 bits per heavy atom.